The van der Waals surface area contributed by atoms with Crippen LogP contribution in [0, 0.1) is 16.7 Å². The molecule has 2 heteroatoms. The average Bonchev–Trinajstić information content (AvgIpc) is 2.34. The molecule has 0 aromatic rings. The molecule has 13 heavy (non-hydrogen) atoms. The molecule has 2 aliphatic carbocycles. The molecule has 72 valence electrons. The van der Waals surface area contributed by atoms with E-state index in [1.165, 1.54) is 0 Å². The Labute approximate surface area is 78.6 Å². The van der Waals surface area contributed by atoms with Crippen molar-refractivity contribution in [3.8, 4) is 0 Å². The Morgan fingerprint density at radius 1 is 1.54 bits per heavy atom. The lowest BCUT2D eigenvalue weighted by atomic mass is 9.67. The highest BCUT2D eigenvalue weighted by Gasteiger charge is 2.58. The fraction of sp³-hybridized carbons (Fsp3) is 0.727. The Hall–Kier alpha value is -0.790. The molecule has 2 unspecified atom stereocenters. The van der Waals surface area contributed by atoms with Gasteiger partial charge in [-0.05, 0) is 24.2 Å². The zero-order valence-electron chi connectivity index (χ0n) is 8.42. The van der Waals surface area contributed by atoms with Gasteiger partial charge in [-0.1, -0.05) is 26.8 Å². The number of allylic oxidation sites excluding steroid dienone is 1. The molecule has 0 radical (unpaired) electrons. The normalized spacial score (nSPS) is 40.5. The average molecular weight is 180 g/mol. The fourth-order valence-electron chi connectivity index (χ4n) is 3.00. The van der Waals surface area contributed by atoms with Crippen molar-refractivity contribution >= 4 is 5.97 Å². The molecule has 2 bridgehead atoms. The third-order valence-corrected chi connectivity index (χ3v) is 4.50. The molecule has 0 amide bonds. The summed E-state index contributed by atoms with van der Waals surface area (Å²) in [6, 6.07) is 0. The van der Waals surface area contributed by atoms with Gasteiger partial charge >= 0.3 is 5.97 Å². The van der Waals surface area contributed by atoms with Crippen molar-refractivity contribution in [1.29, 1.82) is 0 Å². The van der Waals surface area contributed by atoms with E-state index >= 15 is 0 Å². The number of hydrogen-bond acceptors (Lipinski definition) is 1. The van der Waals surface area contributed by atoms with E-state index in [9.17, 15) is 4.79 Å². The lowest BCUT2D eigenvalue weighted by molar-refractivity contribution is -0.134. The quantitative estimate of drug-likeness (QED) is 0.673. The summed E-state index contributed by atoms with van der Waals surface area (Å²) in [6.07, 6.45) is 4.16. The van der Waals surface area contributed by atoms with Gasteiger partial charge in [0.1, 0.15) is 0 Å². The molecule has 0 saturated heterocycles. The molecule has 0 aromatic carbocycles. The van der Waals surface area contributed by atoms with Crippen molar-refractivity contribution in [3.05, 3.63) is 11.6 Å². The van der Waals surface area contributed by atoms with Crippen LogP contribution in [0.3, 0.4) is 0 Å². The highest BCUT2D eigenvalue weighted by molar-refractivity contribution is 5.89. The van der Waals surface area contributed by atoms with Crippen LogP contribution in [-0.2, 0) is 4.79 Å². The van der Waals surface area contributed by atoms with E-state index in [1.54, 1.807) is 0 Å². The summed E-state index contributed by atoms with van der Waals surface area (Å²) in [6.45, 7) is 6.48. The smallest absolute Gasteiger partial charge is 0.331 e. The van der Waals surface area contributed by atoms with Crippen molar-refractivity contribution in [2.75, 3.05) is 0 Å². The Morgan fingerprint density at radius 3 is 2.38 bits per heavy atom. The minimum absolute atomic E-state index is 0.0938. The van der Waals surface area contributed by atoms with Gasteiger partial charge in [0.25, 0.3) is 0 Å². The zero-order chi connectivity index (χ0) is 9.85. The van der Waals surface area contributed by atoms with Gasteiger partial charge in [0.15, 0.2) is 0 Å². The Kier molecular flexibility index (Phi) is 1.47. The minimum Gasteiger partial charge on any atom is -0.478 e. The maximum Gasteiger partial charge on any atom is 0.331 e. The molecule has 2 aliphatic rings. The topological polar surface area (TPSA) is 37.3 Å². The number of carboxylic acids is 1. The molecular weight excluding hydrogens is 164 g/mol. The molecule has 0 aromatic heterocycles. The van der Waals surface area contributed by atoms with Crippen LogP contribution >= 0.6 is 0 Å². The number of hydrogen-bond donors (Lipinski definition) is 1. The fourth-order valence-corrected chi connectivity index (χ4v) is 3.00. The van der Waals surface area contributed by atoms with Gasteiger partial charge in [0, 0.05) is 11.0 Å². The second kappa shape index (κ2) is 2.17. The molecule has 2 nitrogen and oxygen atoms in total. The van der Waals surface area contributed by atoms with E-state index in [0.717, 1.165) is 12.8 Å². The Balaban J connectivity index is 2.49. The van der Waals surface area contributed by atoms with Gasteiger partial charge in [-0.3, -0.25) is 0 Å². The van der Waals surface area contributed by atoms with Crippen LogP contribution < -0.4 is 0 Å². The summed E-state index contributed by atoms with van der Waals surface area (Å²) in [7, 11) is 0. The van der Waals surface area contributed by atoms with Gasteiger partial charge in [0.2, 0.25) is 0 Å². The third kappa shape index (κ3) is 0.812. The maximum atomic E-state index is 11.0. The molecular formula is C11H16O2. The van der Waals surface area contributed by atoms with Gasteiger partial charge in [-0.25, -0.2) is 4.79 Å². The second-order valence-corrected chi connectivity index (χ2v) is 5.08. The molecule has 1 N–H and O–H groups in total. The molecule has 1 fully saturated rings. The number of aliphatic carboxylic acids is 1. The first kappa shape index (κ1) is 8.79. The first-order valence-corrected chi connectivity index (χ1v) is 4.85. The molecule has 0 aliphatic heterocycles. The lowest BCUT2D eigenvalue weighted by Crippen LogP contribution is -2.32. The molecule has 0 spiro atoms. The van der Waals surface area contributed by atoms with Crippen LogP contribution in [0.4, 0.5) is 0 Å². The second-order valence-electron chi connectivity index (χ2n) is 5.08. The first-order valence-electron chi connectivity index (χ1n) is 4.85. The summed E-state index contributed by atoms with van der Waals surface area (Å²) < 4.78 is 0. The van der Waals surface area contributed by atoms with E-state index in [4.69, 9.17) is 5.11 Å². The summed E-state index contributed by atoms with van der Waals surface area (Å²) in [5.74, 6) is -0.249. The maximum absolute atomic E-state index is 11.0. The van der Waals surface area contributed by atoms with E-state index in [0.29, 0.717) is 11.5 Å². The largest absolute Gasteiger partial charge is 0.478 e. The van der Waals surface area contributed by atoms with Crippen LogP contribution in [0.15, 0.2) is 11.6 Å². The Morgan fingerprint density at radius 2 is 2.15 bits per heavy atom. The predicted molar refractivity (Wildman–Crippen MR) is 50.3 cm³/mol. The van der Waals surface area contributed by atoms with E-state index in [2.05, 4.69) is 20.8 Å². The molecule has 1 saturated carbocycles. The Bertz CT molecular complexity index is 301. The number of carbonyl (C=O) groups is 1. The monoisotopic (exact) mass is 180 g/mol. The van der Waals surface area contributed by atoms with E-state index < -0.39 is 5.97 Å². The highest BCUT2D eigenvalue weighted by Crippen LogP contribution is 2.64. The van der Waals surface area contributed by atoms with Gasteiger partial charge in [-0.2, -0.15) is 0 Å². The molecule has 0 heterocycles. The summed E-state index contributed by atoms with van der Waals surface area (Å²) in [5, 5.41) is 9.06. The summed E-state index contributed by atoms with van der Waals surface area (Å²) in [5.41, 5.74) is 0.693. The van der Waals surface area contributed by atoms with Crippen LogP contribution in [-0.4, -0.2) is 11.1 Å². The number of carboxylic acid groups (broad SMARTS) is 1. The van der Waals surface area contributed by atoms with Crippen molar-refractivity contribution in [2.24, 2.45) is 16.7 Å². The van der Waals surface area contributed by atoms with Gasteiger partial charge in [-0.15, -0.1) is 0 Å². The highest BCUT2D eigenvalue weighted by atomic mass is 16.4. The van der Waals surface area contributed by atoms with Crippen molar-refractivity contribution in [2.45, 2.75) is 33.6 Å². The van der Waals surface area contributed by atoms with E-state index in [1.807, 2.05) is 6.08 Å². The van der Waals surface area contributed by atoms with Gasteiger partial charge < -0.3 is 5.11 Å². The third-order valence-electron chi connectivity index (χ3n) is 4.50. The van der Waals surface area contributed by atoms with Crippen molar-refractivity contribution in [3.63, 3.8) is 0 Å². The minimum atomic E-state index is -0.724. The van der Waals surface area contributed by atoms with Crippen molar-refractivity contribution < 1.29 is 9.90 Å². The van der Waals surface area contributed by atoms with Crippen LogP contribution in [0.25, 0.3) is 0 Å². The van der Waals surface area contributed by atoms with Crippen molar-refractivity contribution in [1.82, 2.24) is 0 Å². The predicted octanol–water partition coefficient (Wildman–Crippen LogP) is 2.45. The van der Waals surface area contributed by atoms with E-state index in [-0.39, 0.29) is 10.8 Å². The summed E-state index contributed by atoms with van der Waals surface area (Å²) in [4.78, 5) is 11.0. The van der Waals surface area contributed by atoms with Gasteiger partial charge in [0.05, 0.1) is 0 Å². The summed E-state index contributed by atoms with van der Waals surface area (Å²) >= 11 is 0. The number of fused-ring (bicyclic) bond motifs is 2. The van der Waals surface area contributed by atoms with Crippen LogP contribution in [0.5, 0.6) is 0 Å². The first-order chi connectivity index (χ1) is 5.89. The molecule has 2 atom stereocenters. The zero-order valence-corrected chi connectivity index (χ0v) is 8.42. The SMILES string of the molecule is CC12CCC(C=C1C(=O)O)C2(C)C. The standard InChI is InChI=1S/C11H16O2/c1-10(2)7-4-5-11(10,3)8(6-7)9(12)13/h6-7H,4-5H2,1-3H3,(H,12,13). The van der Waals surface area contributed by atoms with Crippen LogP contribution in [0.2, 0.25) is 0 Å². The lowest BCUT2D eigenvalue weighted by Gasteiger charge is -2.36. The molecule has 2 rings (SSSR count). The number of rotatable bonds is 1. The van der Waals surface area contributed by atoms with Crippen LogP contribution in [0.1, 0.15) is 33.6 Å².